The van der Waals surface area contributed by atoms with E-state index in [4.69, 9.17) is 0 Å². The summed E-state index contributed by atoms with van der Waals surface area (Å²) in [7, 11) is 0. The molecule has 1 aromatic rings. The number of nitrogens with zero attached hydrogens (tertiary/aromatic N) is 3. The van der Waals surface area contributed by atoms with Gasteiger partial charge in [0.05, 0.1) is 5.69 Å². The third-order valence-corrected chi connectivity index (χ3v) is 3.34. The Morgan fingerprint density at radius 3 is 2.75 bits per heavy atom. The van der Waals surface area contributed by atoms with E-state index in [1.165, 1.54) is 32.1 Å². The van der Waals surface area contributed by atoms with E-state index in [2.05, 4.69) is 17.2 Å². The van der Waals surface area contributed by atoms with Crippen molar-refractivity contribution in [2.45, 2.75) is 57.9 Å². The van der Waals surface area contributed by atoms with Gasteiger partial charge in [-0.15, -0.1) is 5.10 Å². The van der Waals surface area contributed by atoms with Gasteiger partial charge in [0.1, 0.15) is 5.69 Å². The van der Waals surface area contributed by atoms with Crippen LogP contribution in [-0.2, 0) is 6.54 Å². The monoisotopic (exact) mass is 221 g/mol. The average molecular weight is 221 g/mol. The first kappa shape index (κ1) is 11.3. The Bertz CT molecular complexity index is 353. The number of rotatable bonds is 4. The van der Waals surface area contributed by atoms with Gasteiger partial charge in [0, 0.05) is 12.5 Å². The summed E-state index contributed by atoms with van der Waals surface area (Å²) in [6.45, 7) is 2.99. The van der Waals surface area contributed by atoms with E-state index in [0.717, 1.165) is 24.9 Å². The molecule has 1 heterocycles. The van der Waals surface area contributed by atoms with Crippen LogP contribution in [0.2, 0.25) is 0 Å². The topological polar surface area (TPSA) is 47.8 Å². The minimum atomic E-state index is 0.496. The van der Waals surface area contributed by atoms with Gasteiger partial charge in [-0.3, -0.25) is 4.79 Å². The van der Waals surface area contributed by atoms with E-state index in [-0.39, 0.29) is 0 Å². The number of hydrogen-bond donors (Lipinski definition) is 0. The first-order chi connectivity index (χ1) is 7.86. The number of aryl methyl sites for hydroxylation is 1. The molecule has 0 atom stereocenters. The van der Waals surface area contributed by atoms with E-state index in [9.17, 15) is 4.79 Å². The Morgan fingerprint density at radius 2 is 2.12 bits per heavy atom. The van der Waals surface area contributed by atoms with Crippen LogP contribution < -0.4 is 0 Å². The van der Waals surface area contributed by atoms with Gasteiger partial charge in [-0.25, -0.2) is 4.68 Å². The predicted molar refractivity (Wildman–Crippen MR) is 61.5 cm³/mol. The van der Waals surface area contributed by atoms with Gasteiger partial charge in [0.25, 0.3) is 0 Å². The molecule has 0 amide bonds. The maximum atomic E-state index is 11.0. The van der Waals surface area contributed by atoms with Crippen LogP contribution in [0.5, 0.6) is 0 Å². The molecule has 0 saturated heterocycles. The second-order valence-electron chi connectivity index (χ2n) is 4.54. The Hall–Kier alpha value is -1.19. The normalized spacial score (nSPS) is 17.6. The zero-order valence-electron chi connectivity index (χ0n) is 9.85. The molecule has 1 aliphatic rings. The van der Waals surface area contributed by atoms with Crippen LogP contribution in [0.3, 0.4) is 0 Å². The fraction of sp³-hybridized carbons (Fsp3) is 0.750. The van der Waals surface area contributed by atoms with Crippen molar-refractivity contribution in [1.29, 1.82) is 0 Å². The van der Waals surface area contributed by atoms with Gasteiger partial charge in [-0.05, 0) is 19.3 Å². The van der Waals surface area contributed by atoms with Crippen LogP contribution in [-0.4, -0.2) is 21.3 Å². The highest BCUT2D eigenvalue weighted by Crippen LogP contribution is 2.33. The highest BCUT2D eigenvalue weighted by molar-refractivity contribution is 5.73. The lowest BCUT2D eigenvalue weighted by molar-refractivity contribution is 0.111. The highest BCUT2D eigenvalue weighted by atomic mass is 16.1. The molecule has 0 radical (unpaired) electrons. The van der Waals surface area contributed by atoms with E-state index in [0.29, 0.717) is 11.6 Å². The van der Waals surface area contributed by atoms with E-state index in [1.807, 2.05) is 4.68 Å². The first-order valence-electron chi connectivity index (χ1n) is 6.25. The lowest BCUT2D eigenvalue weighted by Gasteiger charge is -2.22. The number of aldehydes is 1. The molecule has 16 heavy (non-hydrogen) atoms. The fourth-order valence-electron chi connectivity index (χ4n) is 2.59. The zero-order chi connectivity index (χ0) is 11.4. The summed E-state index contributed by atoms with van der Waals surface area (Å²) in [5.74, 6) is 0.496. The third-order valence-electron chi connectivity index (χ3n) is 3.34. The average Bonchev–Trinajstić information content (AvgIpc) is 2.74. The SMILES string of the molecule is CCCn1nnc(C=O)c1C1CCCCC1. The number of hydrogen-bond acceptors (Lipinski definition) is 3. The Labute approximate surface area is 96.0 Å². The van der Waals surface area contributed by atoms with Crippen molar-refractivity contribution in [2.75, 3.05) is 0 Å². The third kappa shape index (κ3) is 2.15. The summed E-state index contributed by atoms with van der Waals surface area (Å²) in [5.41, 5.74) is 1.64. The van der Waals surface area contributed by atoms with Crippen molar-refractivity contribution in [3.05, 3.63) is 11.4 Å². The maximum absolute atomic E-state index is 11.0. The van der Waals surface area contributed by atoms with Crippen LogP contribution in [0.4, 0.5) is 0 Å². The second-order valence-corrected chi connectivity index (χ2v) is 4.54. The molecule has 0 bridgehead atoms. The molecule has 4 heteroatoms. The molecular formula is C12H19N3O. The van der Waals surface area contributed by atoms with Crippen molar-refractivity contribution >= 4 is 6.29 Å². The summed E-state index contributed by atoms with van der Waals surface area (Å²) < 4.78 is 1.93. The van der Waals surface area contributed by atoms with Crippen LogP contribution in [0, 0.1) is 0 Å². The molecule has 0 spiro atoms. The number of carbonyl (C=O) groups excluding carboxylic acids is 1. The minimum Gasteiger partial charge on any atom is -0.296 e. The van der Waals surface area contributed by atoms with Crippen molar-refractivity contribution in [1.82, 2.24) is 15.0 Å². The van der Waals surface area contributed by atoms with Crippen molar-refractivity contribution < 1.29 is 4.79 Å². The lowest BCUT2D eigenvalue weighted by atomic mass is 9.86. The molecule has 1 fully saturated rings. The number of aromatic nitrogens is 3. The van der Waals surface area contributed by atoms with Gasteiger partial charge < -0.3 is 0 Å². The Morgan fingerprint density at radius 1 is 1.38 bits per heavy atom. The van der Waals surface area contributed by atoms with Gasteiger partial charge in [0.15, 0.2) is 6.29 Å². The Kier molecular flexibility index (Phi) is 3.70. The predicted octanol–water partition coefficient (Wildman–Crippen LogP) is 2.55. The lowest BCUT2D eigenvalue weighted by Crippen LogP contribution is -2.13. The molecule has 0 aromatic carbocycles. The molecule has 4 nitrogen and oxygen atoms in total. The van der Waals surface area contributed by atoms with Gasteiger partial charge in [-0.2, -0.15) is 0 Å². The van der Waals surface area contributed by atoms with E-state index >= 15 is 0 Å². The standard InChI is InChI=1S/C12H19N3O/c1-2-8-15-12(11(9-16)13-14-15)10-6-4-3-5-7-10/h9-10H,2-8H2,1H3. The van der Waals surface area contributed by atoms with Crippen LogP contribution >= 0.6 is 0 Å². The molecule has 1 aliphatic carbocycles. The minimum absolute atomic E-state index is 0.496. The molecule has 1 aromatic heterocycles. The van der Waals surface area contributed by atoms with Gasteiger partial charge in [0.2, 0.25) is 0 Å². The van der Waals surface area contributed by atoms with E-state index < -0.39 is 0 Å². The first-order valence-corrected chi connectivity index (χ1v) is 6.25. The summed E-state index contributed by atoms with van der Waals surface area (Å²) >= 11 is 0. The van der Waals surface area contributed by atoms with E-state index in [1.54, 1.807) is 0 Å². The van der Waals surface area contributed by atoms with Crippen molar-refractivity contribution in [3.63, 3.8) is 0 Å². The molecule has 88 valence electrons. The molecule has 0 N–H and O–H groups in total. The van der Waals surface area contributed by atoms with Crippen LogP contribution in [0.1, 0.15) is 67.5 Å². The molecular weight excluding hydrogens is 202 g/mol. The summed E-state index contributed by atoms with van der Waals surface area (Å²) in [5, 5.41) is 8.06. The van der Waals surface area contributed by atoms with Crippen molar-refractivity contribution in [2.24, 2.45) is 0 Å². The van der Waals surface area contributed by atoms with Crippen molar-refractivity contribution in [3.8, 4) is 0 Å². The van der Waals surface area contributed by atoms with Crippen LogP contribution in [0.15, 0.2) is 0 Å². The highest BCUT2D eigenvalue weighted by Gasteiger charge is 2.23. The molecule has 0 unspecified atom stereocenters. The maximum Gasteiger partial charge on any atom is 0.172 e. The molecule has 2 rings (SSSR count). The summed E-state index contributed by atoms with van der Waals surface area (Å²) in [6.07, 6.45) is 8.09. The quantitative estimate of drug-likeness (QED) is 0.734. The summed E-state index contributed by atoms with van der Waals surface area (Å²) in [6, 6.07) is 0. The van der Waals surface area contributed by atoms with Gasteiger partial charge in [-0.1, -0.05) is 31.4 Å². The van der Waals surface area contributed by atoms with Gasteiger partial charge >= 0.3 is 0 Å². The smallest absolute Gasteiger partial charge is 0.172 e. The Balaban J connectivity index is 2.27. The molecule has 1 saturated carbocycles. The summed E-state index contributed by atoms with van der Waals surface area (Å²) in [4.78, 5) is 11.0. The molecule has 0 aliphatic heterocycles. The second kappa shape index (κ2) is 5.23. The largest absolute Gasteiger partial charge is 0.296 e. The number of carbonyl (C=O) groups is 1. The van der Waals surface area contributed by atoms with Crippen LogP contribution in [0.25, 0.3) is 0 Å². The fourth-order valence-corrected chi connectivity index (χ4v) is 2.59. The zero-order valence-corrected chi connectivity index (χ0v) is 9.85.